The fourth-order valence-electron chi connectivity index (χ4n) is 3.72. The molecule has 0 aliphatic rings. The average molecular weight is 455 g/mol. The van der Waals surface area contributed by atoms with Crippen molar-refractivity contribution in [1.82, 2.24) is 9.78 Å². The van der Waals surface area contributed by atoms with Gasteiger partial charge in [0.05, 0.1) is 18.5 Å². The minimum atomic E-state index is -0.237. The Hall–Kier alpha value is -4.39. The molecule has 0 saturated carbocycles. The molecular weight excluding hydrogens is 428 g/mol. The summed E-state index contributed by atoms with van der Waals surface area (Å²) < 4.78 is 6.89. The number of anilines is 2. The number of hydrogen-bond acceptors (Lipinski definition) is 4. The van der Waals surface area contributed by atoms with E-state index in [4.69, 9.17) is 4.74 Å². The molecule has 0 saturated heterocycles. The molecule has 4 aromatic rings. The minimum Gasteiger partial charge on any atom is -0.497 e. The molecule has 0 spiro atoms. The van der Waals surface area contributed by atoms with Crippen molar-refractivity contribution in [2.45, 2.75) is 20.8 Å². The van der Waals surface area contributed by atoms with Crippen LogP contribution in [-0.2, 0) is 4.79 Å². The number of nitrogens with one attached hydrogen (secondary N) is 2. The van der Waals surface area contributed by atoms with Crippen LogP contribution in [0.1, 0.15) is 28.5 Å². The van der Waals surface area contributed by atoms with Crippen LogP contribution < -0.4 is 15.4 Å². The Bertz CT molecular complexity index is 1340. The molecule has 7 heteroatoms. The van der Waals surface area contributed by atoms with Crippen molar-refractivity contribution in [2.75, 3.05) is 17.7 Å². The molecule has 4 rings (SSSR count). The number of aromatic nitrogens is 2. The Labute approximate surface area is 198 Å². The van der Waals surface area contributed by atoms with Crippen LogP contribution in [0.5, 0.6) is 5.75 Å². The van der Waals surface area contributed by atoms with Gasteiger partial charge < -0.3 is 15.4 Å². The predicted molar refractivity (Wildman–Crippen MR) is 134 cm³/mol. The zero-order valence-electron chi connectivity index (χ0n) is 19.5. The molecule has 0 aliphatic heterocycles. The highest BCUT2D eigenvalue weighted by Gasteiger charge is 2.19. The number of aryl methyl sites for hydroxylation is 2. The Morgan fingerprint density at radius 2 is 1.62 bits per heavy atom. The van der Waals surface area contributed by atoms with E-state index >= 15 is 0 Å². The molecule has 1 heterocycles. The van der Waals surface area contributed by atoms with E-state index in [1.165, 1.54) is 6.92 Å². The summed E-state index contributed by atoms with van der Waals surface area (Å²) in [4.78, 5) is 24.7. The van der Waals surface area contributed by atoms with Gasteiger partial charge in [0.15, 0.2) is 0 Å². The highest BCUT2D eigenvalue weighted by molar-refractivity contribution is 6.04. The topological polar surface area (TPSA) is 85.2 Å². The lowest BCUT2D eigenvalue weighted by atomic mass is 10.0. The van der Waals surface area contributed by atoms with E-state index in [0.29, 0.717) is 22.8 Å². The molecule has 0 atom stereocenters. The Balaban J connectivity index is 1.65. The van der Waals surface area contributed by atoms with Crippen LogP contribution in [0.15, 0.2) is 72.8 Å². The summed E-state index contributed by atoms with van der Waals surface area (Å²) >= 11 is 0. The van der Waals surface area contributed by atoms with Gasteiger partial charge in [0.25, 0.3) is 5.91 Å². The van der Waals surface area contributed by atoms with Crippen molar-refractivity contribution >= 4 is 23.3 Å². The zero-order valence-corrected chi connectivity index (χ0v) is 19.5. The van der Waals surface area contributed by atoms with Crippen molar-refractivity contribution in [3.63, 3.8) is 0 Å². The minimum absolute atomic E-state index is 0.191. The molecule has 1 aromatic heterocycles. The van der Waals surface area contributed by atoms with Crippen molar-refractivity contribution < 1.29 is 14.3 Å². The number of benzene rings is 3. The summed E-state index contributed by atoms with van der Waals surface area (Å²) in [7, 11) is 1.58. The number of nitrogens with zero attached hydrogens (tertiary/aromatic N) is 2. The van der Waals surface area contributed by atoms with E-state index in [0.717, 1.165) is 28.1 Å². The van der Waals surface area contributed by atoms with Gasteiger partial charge in [0, 0.05) is 29.8 Å². The van der Waals surface area contributed by atoms with E-state index in [2.05, 4.69) is 15.7 Å². The molecule has 7 nitrogen and oxygen atoms in total. The third kappa shape index (κ3) is 4.83. The first-order chi connectivity index (χ1) is 16.4. The maximum atomic E-state index is 12.7. The Morgan fingerprint density at radius 3 is 2.26 bits per heavy atom. The fourth-order valence-corrected chi connectivity index (χ4v) is 3.72. The molecule has 172 valence electrons. The van der Waals surface area contributed by atoms with Crippen LogP contribution in [0.25, 0.3) is 16.8 Å². The molecular formula is C27H26N4O3. The Morgan fingerprint density at radius 1 is 0.912 bits per heavy atom. The van der Waals surface area contributed by atoms with Crippen LogP contribution in [0.4, 0.5) is 11.5 Å². The number of amides is 2. The van der Waals surface area contributed by atoms with Crippen LogP contribution >= 0.6 is 0 Å². The molecule has 2 amide bonds. The number of methoxy groups -OCH3 is 1. The van der Waals surface area contributed by atoms with Gasteiger partial charge in [-0.2, -0.15) is 5.10 Å². The monoisotopic (exact) mass is 454 g/mol. The molecule has 2 N–H and O–H groups in total. The number of carbonyl (C=O) groups is 2. The lowest BCUT2D eigenvalue weighted by Gasteiger charge is -2.11. The summed E-state index contributed by atoms with van der Waals surface area (Å²) in [6, 6.07) is 22.3. The largest absolute Gasteiger partial charge is 0.497 e. The van der Waals surface area contributed by atoms with Crippen molar-refractivity contribution in [1.29, 1.82) is 0 Å². The van der Waals surface area contributed by atoms with E-state index in [9.17, 15) is 9.59 Å². The number of hydrogen-bond donors (Lipinski definition) is 2. The molecule has 3 aromatic carbocycles. The van der Waals surface area contributed by atoms with Crippen LogP contribution in [-0.4, -0.2) is 28.7 Å². The highest BCUT2D eigenvalue weighted by Crippen LogP contribution is 2.33. The van der Waals surface area contributed by atoms with E-state index in [1.54, 1.807) is 48.2 Å². The smallest absolute Gasteiger partial charge is 0.255 e. The van der Waals surface area contributed by atoms with E-state index in [-0.39, 0.29) is 11.8 Å². The van der Waals surface area contributed by atoms with Gasteiger partial charge in [-0.15, -0.1) is 0 Å². The quantitative estimate of drug-likeness (QED) is 0.410. The standard InChI is InChI=1S/C27H26N4O3/c1-17-8-10-20(11-9-17)25-18(2)30-31(26(25)28-19(3)32)23-14-12-21(13-15-23)27(33)29-22-6-5-7-24(16-22)34-4/h5-16H,1-4H3,(H,28,32)(H,29,33). The molecule has 0 radical (unpaired) electrons. The second-order valence-corrected chi connectivity index (χ2v) is 8.00. The first kappa shape index (κ1) is 22.8. The van der Waals surface area contributed by atoms with Gasteiger partial charge in [-0.05, 0) is 55.8 Å². The molecule has 0 unspecified atom stereocenters. The van der Waals surface area contributed by atoms with Crippen LogP contribution in [0, 0.1) is 13.8 Å². The highest BCUT2D eigenvalue weighted by atomic mass is 16.5. The van der Waals surface area contributed by atoms with Gasteiger partial charge in [-0.1, -0.05) is 35.9 Å². The van der Waals surface area contributed by atoms with Gasteiger partial charge in [0.1, 0.15) is 11.6 Å². The van der Waals surface area contributed by atoms with Gasteiger partial charge in [0.2, 0.25) is 5.91 Å². The van der Waals surface area contributed by atoms with Crippen LogP contribution in [0.3, 0.4) is 0 Å². The second kappa shape index (κ2) is 9.62. The summed E-state index contributed by atoms with van der Waals surface area (Å²) in [5.74, 6) is 0.821. The fraction of sp³-hybridized carbons (Fsp3) is 0.148. The molecule has 34 heavy (non-hydrogen) atoms. The van der Waals surface area contributed by atoms with Crippen molar-refractivity contribution in [3.8, 4) is 22.6 Å². The molecule has 0 fully saturated rings. The van der Waals surface area contributed by atoms with Gasteiger partial charge in [-0.25, -0.2) is 4.68 Å². The second-order valence-electron chi connectivity index (χ2n) is 8.00. The molecule has 0 aliphatic carbocycles. The van der Waals surface area contributed by atoms with Gasteiger partial charge in [-0.3, -0.25) is 9.59 Å². The zero-order chi connectivity index (χ0) is 24.2. The lowest BCUT2D eigenvalue weighted by Crippen LogP contribution is -2.13. The van der Waals surface area contributed by atoms with E-state index < -0.39 is 0 Å². The average Bonchev–Trinajstić information content (AvgIpc) is 3.14. The summed E-state index contributed by atoms with van der Waals surface area (Å²) in [6.07, 6.45) is 0. The van der Waals surface area contributed by atoms with E-state index in [1.807, 2.05) is 50.2 Å². The first-order valence-electron chi connectivity index (χ1n) is 10.9. The SMILES string of the molecule is COc1cccc(NC(=O)c2ccc(-n3nc(C)c(-c4ccc(C)cc4)c3NC(C)=O)cc2)c1. The van der Waals surface area contributed by atoms with Crippen LogP contribution in [0.2, 0.25) is 0 Å². The third-order valence-corrected chi connectivity index (χ3v) is 5.40. The number of carbonyl (C=O) groups excluding carboxylic acids is 2. The summed E-state index contributed by atoms with van der Waals surface area (Å²) in [6.45, 7) is 5.41. The maximum absolute atomic E-state index is 12.7. The van der Waals surface area contributed by atoms with Gasteiger partial charge >= 0.3 is 0 Å². The number of ether oxygens (including phenoxy) is 1. The van der Waals surface area contributed by atoms with Crippen molar-refractivity contribution in [2.24, 2.45) is 0 Å². The maximum Gasteiger partial charge on any atom is 0.255 e. The first-order valence-corrected chi connectivity index (χ1v) is 10.9. The number of rotatable bonds is 6. The van der Waals surface area contributed by atoms with Crippen molar-refractivity contribution in [3.05, 3.63) is 89.6 Å². The Kier molecular flexibility index (Phi) is 6.45. The lowest BCUT2D eigenvalue weighted by molar-refractivity contribution is -0.114. The molecule has 0 bridgehead atoms. The predicted octanol–water partition coefficient (Wildman–Crippen LogP) is 5.38. The summed E-state index contributed by atoms with van der Waals surface area (Å²) in [5.41, 5.74) is 5.62. The normalized spacial score (nSPS) is 10.6. The third-order valence-electron chi connectivity index (χ3n) is 5.40. The summed E-state index contributed by atoms with van der Waals surface area (Å²) in [5, 5.41) is 10.5.